The highest BCUT2D eigenvalue weighted by Gasteiger charge is 2.27. The molecular weight excluding hydrogens is 395 g/mol. The third kappa shape index (κ3) is 4.05. The van der Waals surface area contributed by atoms with Crippen molar-refractivity contribution in [3.8, 4) is 11.4 Å². The van der Waals surface area contributed by atoms with Crippen LogP contribution in [0.5, 0.6) is 5.75 Å². The van der Waals surface area contributed by atoms with E-state index in [1.807, 2.05) is 12.1 Å². The van der Waals surface area contributed by atoms with Gasteiger partial charge < -0.3 is 15.0 Å². The van der Waals surface area contributed by atoms with Crippen LogP contribution in [0.15, 0.2) is 55.0 Å². The topological polar surface area (TPSA) is 59.4 Å². The van der Waals surface area contributed by atoms with E-state index in [9.17, 15) is 9.18 Å². The van der Waals surface area contributed by atoms with Gasteiger partial charge >= 0.3 is 0 Å². The molecule has 1 aromatic heterocycles. The van der Waals surface area contributed by atoms with Gasteiger partial charge in [0.05, 0.1) is 25.3 Å². The molecule has 0 radical (unpaired) electrons. The van der Waals surface area contributed by atoms with E-state index in [1.54, 1.807) is 36.2 Å². The molecule has 1 amide bonds. The molecule has 0 spiro atoms. The molecule has 1 fully saturated rings. The monoisotopic (exact) mass is 414 g/mol. The van der Waals surface area contributed by atoms with Crippen molar-refractivity contribution >= 4 is 23.2 Å². The number of carbonyl (C=O) groups excluding carboxylic acids is 1. The Kier molecular flexibility index (Phi) is 5.40. The van der Waals surface area contributed by atoms with Crippen LogP contribution in [0.4, 0.5) is 10.1 Å². The maximum absolute atomic E-state index is 13.2. The van der Waals surface area contributed by atoms with E-state index in [-0.39, 0.29) is 17.8 Å². The molecule has 2 aromatic carbocycles. The van der Waals surface area contributed by atoms with E-state index in [0.717, 1.165) is 24.4 Å². The van der Waals surface area contributed by atoms with E-state index < -0.39 is 0 Å². The van der Waals surface area contributed by atoms with Crippen molar-refractivity contribution in [2.45, 2.75) is 12.5 Å². The molecule has 6 nitrogen and oxygen atoms in total. The molecule has 0 aliphatic carbocycles. The molecule has 0 bridgehead atoms. The van der Waals surface area contributed by atoms with Crippen LogP contribution in [0.3, 0.4) is 0 Å². The molecule has 3 aromatic rings. The average Bonchev–Trinajstić information content (AvgIpc) is 3.38. The number of benzene rings is 2. The van der Waals surface area contributed by atoms with Crippen LogP contribution in [0, 0.1) is 5.82 Å². The van der Waals surface area contributed by atoms with E-state index >= 15 is 0 Å². The van der Waals surface area contributed by atoms with Crippen LogP contribution in [0.2, 0.25) is 5.02 Å². The van der Waals surface area contributed by atoms with Crippen molar-refractivity contribution in [1.82, 2.24) is 14.9 Å². The first kappa shape index (κ1) is 19.3. The van der Waals surface area contributed by atoms with Crippen LogP contribution < -0.4 is 15.0 Å². The first-order valence-corrected chi connectivity index (χ1v) is 9.60. The number of nitrogens with one attached hydrogen (secondary N) is 1. The highest BCUT2D eigenvalue weighted by molar-refractivity contribution is 6.30. The van der Waals surface area contributed by atoms with Gasteiger partial charge in [0.2, 0.25) is 0 Å². The molecule has 1 N–H and O–H groups in total. The molecular formula is C21H20ClFN4O2. The van der Waals surface area contributed by atoms with Crippen molar-refractivity contribution in [2.24, 2.45) is 0 Å². The molecule has 1 aliphatic heterocycles. The minimum absolute atomic E-state index is 0.0252. The normalized spacial score (nSPS) is 16.1. The predicted octanol–water partition coefficient (Wildman–Crippen LogP) is 3.68. The Hall–Kier alpha value is -3.06. The van der Waals surface area contributed by atoms with Gasteiger partial charge in [-0.3, -0.25) is 9.36 Å². The maximum atomic E-state index is 13.2. The number of imidazole rings is 1. The van der Waals surface area contributed by atoms with Gasteiger partial charge in [0.25, 0.3) is 5.91 Å². The summed E-state index contributed by atoms with van der Waals surface area (Å²) >= 11 is 6.14. The summed E-state index contributed by atoms with van der Waals surface area (Å²) in [4.78, 5) is 19.1. The predicted molar refractivity (Wildman–Crippen MR) is 110 cm³/mol. The van der Waals surface area contributed by atoms with Gasteiger partial charge in [0.1, 0.15) is 17.3 Å². The molecule has 0 saturated carbocycles. The summed E-state index contributed by atoms with van der Waals surface area (Å²) in [7, 11) is 1.62. The molecule has 1 atom stereocenters. The first-order chi connectivity index (χ1) is 14.0. The van der Waals surface area contributed by atoms with Gasteiger partial charge in [-0.25, -0.2) is 9.37 Å². The van der Waals surface area contributed by atoms with Gasteiger partial charge in [0, 0.05) is 29.8 Å². The zero-order chi connectivity index (χ0) is 20.4. The van der Waals surface area contributed by atoms with Crippen molar-refractivity contribution < 1.29 is 13.9 Å². The summed E-state index contributed by atoms with van der Waals surface area (Å²) in [5, 5.41) is 3.70. The Labute approximate surface area is 172 Å². The number of amides is 1. The third-order valence-electron chi connectivity index (χ3n) is 4.98. The van der Waals surface area contributed by atoms with Gasteiger partial charge in [-0.1, -0.05) is 11.6 Å². The number of hydrogen-bond acceptors (Lipinski definition) is 4. The van der Waals surface area contributed by atoms with E-state index in [4.69, 9.17) is 16.3 Å². The highest BCUT2D eigenvalue weighted by Crippen LogP contribution is 2.33. The lowest BCUT2D eigenvalue weighted by Crippen LogP contribution is -2.38. The zero-order valence-electron chi connectivity index (χ0n) is 15.8. The molecule has 2 heterocycles. The highest BCUT2D eigenvalue weighted by atomic mass is 35.5. The fourth-order valence-corrected chi connectivity index (χ4v) is 3.70. The summed E-state index contributed by atoms with van der Waals surface area (Å²) in [6.45, 7) is 1.42. The SMILES string of the molecule is COc1ccc(Cl)cc1N1CCC(NC(=O)c2cncn2-c2ccc(F)cc2)C1. The molecule has 150 valence electrons. The second kappa shape index (κ2) is 8.13. The van der Waals surface area contributed by atoms with Crippen LogP contribution >= 0.6 is 11.6 Å². The molecule has 8 heteroatoms. The van der Waals surface area contributed by atoms with Gasteiger partial charge in [0.15, 0.2) is 0 Å². The van der Waals surface area contributed by atoms with E-state index in [0.29, 0.717) is 22.9 Å². The number of nitrogens with zero attached hydrogens (tertiary/aromatic N) is 3. The maximum Gasteiger partial charge on any atom is 0.270 e. The molecule has 29 heavy (non-hydrogen) atoms. The minimum Gasteiger partial charge on any atom is -0.495 e. The van der Waals surface area contributed by atoms with Crippen molar-refractivity contribution in [3.05, 3.63) is 71.5 Å². The standard InChI is InChI=1S/C21H20ClFN4O2/c1-29-20-7-2-14(22)10-18(20)26-9-8-16(12-26)25-21(28)19-11-24-13-27(19)17-5-3-15(23)4-6-17/h2-7,10-11,13,16H,8-9,12H2,1H3,(H,25,28). The second-order valence-electron chi connectivity index (χ2n) is 6.85. The quantitative estimate of drug-likeness (QED) is 0.691. The Morgan fingerprint density at radius 2 is 2.07 bits per heavy atom. The van der Waals surface area contributed by atoms with Crippen molar-refractivity contribution in [1.29, 1.82) is 0 Å². The largest absolute Gasteiger partial charge is 0.495 e. The zero-order valence-corrected chi connectivity index (χ0v) is 16.6. The van der Waals surface area contributed by atoms with Crippen LogP contribution in [-0.2, 0) is 0 Å². The van der Waals surface area contributed by atoms with Gasteiger partial charge in [-0.15, -0.1) is 0 Å². The van der Waals surface area contributed by atoms with Gasteiger partial charge in [-0.05, 0) is 48.9 Å². The lowest BCUT2D eigenvalue weighted by atomic mass is 10.2. The lowest BCUT2D eigenvalue weighted by Gasteiger charge is -2.22. The summed E-state index contributed by atoms with van der Waals surface area (Å²) in [6.07, 6.45) is 3.84. The molecule has 4 rings (SSSR count). The Morgan fingerprint density at radius 1 is 1.28 bits per heavy atom. The number of anilines is 1. The van der Waals surface area contributed by atoms with Crippen LogP contribution in [0.1, 0.15) is 16.9 Å². The number of hydrogen-bond donors (Lipinski definition) is 1. The fraction of sp³-hybridized carbons (Fsp3) is 0.238. The number of ether oxygens (including phenoxy) is 1. The molecule has 1 unspecified atom stereocenters. The number of methoxy groups -OCH3 is 1. The number of carbonyl (C=O) groups is 1. The number of aromatic nitrogens is 2. The Balaban J connectivity index is 1.47. The average molecular weight is 415 g/mol. The summed E-state index contributed by atoms with van der Waals surface area (Å²) in [5.74, 6) is 0.190. The summed E-state index contributed by atoms with van der Waals surface area (Å²) in [6, 6.07) is 11.4. The van der Waals surface area contributed by atoms with Crippen LogP contribution in [0.25, 0.3) is 5.69 Å². The second-order valence-corrected chi connectivity index (χ2v) is 7.28. The minimum atomic E-state index is -0.331. The Bertz CT molecular complexity index is 1020. The van der Waals surface area contributed by atoms with Crippen molar-refractivity contribution in [3.63, 3.8) is 0 Å². The van der Waals surface area contributed by atoms with E-state index in [2.05, 4.69) is 15.2 Å². The smallest absolute Gasteiger partial charge is 0.270 e. The van der Waals surface area contributed by atoms with Crippen LogP contribution in [-0.4, -0.2) is 41.7 Å². The fourth-order valence-electron chi connectivity index (χ4n) is 3.54. The summed E-state index contributed by atoms with van der Waals surface area (Å²) in [5.41, 5.74) is 1.98. The van der Waals surface area contributed by atoms with E-state index in [1.165, 1.54) is 18.3 Å². The number of rotatable bonds is 5. The first-order valence-electron chi connectivity index (χ1n) is 9.23. The third-order valence-corrected chi connectivity index (χ3v) is 5.22. The Morgan fingerprint density at radius 3 is 2.83 bits per heavy atom. The molecule has 1 saturated heterocycles. The van der Waals surface area contributed by atoms with Crippen molar-refractivity contribution in [2.75, 3.05) is 25.1 Å². The lowest BCUT2D eigenvalue weighted by molar-refractivity contribution is 0.0933. The molecule has 1 aliphatic rings. The number of halogens is 2. The van der Waals surface area contributed by atoms with Gasteiger partial charge in [-0.2, -0.15) is 0 Å². The summed E-state index contributed by atoms with van der Waals surface area (Å²) < 4.78 is 20.3.